The van der Waals surface area contributed by atoms with Crippen molar-refractivity contribution >= 4 is 11.9 Å². The largest absolute Gasteiger partial charge is 0.493 e. The van der Waals surface area contributed by atoms with Gasteiger partial charge in [0.05, 0.1) is 13.0 Å². The number of hydrogen-bond acceptors (Lipinski definition) is 3. The van der Waals surface area contributed by atoms with Gasteiger partial charge < -0.3 is 14.7 Å². The molecule has 0 saturated heterocycles. The highest BCUT2D eigenvalue weighted by atomic mass is 16.5. The third-order valence-corrected chi connectivity index (χ3v) is 2.93. The second kappa shape index (κ2) is 8.29. The predicted molar refractivity (Wildman–Crippen MR) is 80.6 cm³/mol. The second-order valence-electron chi connectivity index (χ2n) is 5.26. The number of ether oxygens (including phenoxy) is 1. The minimum atomic E-state index is -0.907. The lowest BCUT2D eigenvalue weighted by molar-refractivity contribution is -0.137. The van der Waals surface area contributed by atoms with Crippen molar-refractivity contribution in [3.8, 4) is 5.75 Å². The highest BCUT2D eigenvalue weighted by Gasteiger charge is 2.15. The number of rotatable bonds is 8. The molecule has 1 amide bonds. The molecule has 0 radical (unpaired) electrons. The minimum Gasteiger partial charge on any atom is -0.493 e. The molecule has 1 rings (SSSR count). The summed E-state index contributed by atoms with van der Waals surface area (Å²) in [4.78, 5) is 24.5. The van der Waals surface area contributed by atoms with Crippen LogP contribution in [0.15, 0.2) is 24.3 Å². The van der Waals surface area contributed by atoms with Crippen LogP contribution in [0.2, 0.25) is 0 Å². The van der Waals surface area contributed by atoms with E-state index in [1.165, 1.54) is 4.90 Å². The van der Waals surface area contributed by atoms with E-state index in [1.54, 1.807) is 18.2 Å². The quantitative estimate of drug-likeness (QED) is 0.800. The Bertz CT molecular complexity index is 485. The van der Waals surface area contributed by atoms with E-state index in [2.05, 4.69) is 13.8 Å². The van der Waals surface area contributed by atoms with Crippen LogP contribution >= 0.6 is 0 Å². The average Bonchev–Trinajstić information content (AvgIpc) is 2.45. The molecule has 0 spiro atoms. The Hall–Kier alpha value is -2.04. The molecule has 5 heteroatoms. The van der Waals surface area contributed by atoms with Crippen molar-refractivity contribution in [2.75, 3.05) is 19.7 Å². The summed E-state index contributed by atoms with van der Waals surface area (Å²) in [6.45, 7) is 7.22. The summed E-state index contributed by atoms with van der Waals surface area (Å²) in [6.07, 6.45) is -0.0525. The summed E-state index contributed by atoms with van der Waals surface area (Å²) in [7, 11) is 0. The lowest BCUT2D eigenvalue weighted by Crippen LogP contribution is -2.32. The average molecular weight is 293 g/mol. The fraction of sp³-hybridized carbons (Fsp3) is 0.500. The number of carboxylic acid groups (broad SMARTS) is 1. The van der Waals surface area contributed by atoms with E-state index < -0.39 is 5.97 Å². The number of aliphatic carboxylic acids is 1. The molecule has 1 aromatic rings. The van der Waals surface area contributed by atoms with Crippen LogP contribution in [0.5, 0.6) is 5.75 Å². The van der Waals surface area contributed by atoms with Gasteiger partial charge in [-0.25, -0.2) is 0 Å². The normalized spacial score (nSPS) is 10.5. The van der Waals surface area contributed by atoms with Crippen LogP contribution in [-0.4, -0.2) is 41.6 Å². The zero-order chi connectivity index (χ0) is 15.8. The molecule has 0 aliphatic carbocycles. The number of carbonyl (C=O) groups is 2. The molecule has 0 unspecified atom stereocenters. The Kier molecular flexibility index (Phi) is 6.72. The smallest absolute Gasteiger partial charge is 0.305 e. The number of nitrogens with zero attached hydrogens (tertiary/aromatic N) is 1. The molecule has 5 nitrogen and oxygen atoms in total. The Morgan fingerprint density at radius 3 is 2.62 bits per heavy atom. The van der Waals surface area contributed by atoms with E-state index in [4.69, 9.17) is 9.84 Å². The number of carboxylic acids is 1. The monoisotopic (exact) mass is 293 g/mol. The summed E-state index contributed by atoms with van der Waals surface area (Å²) < 4.78 is 5.60. The van der Waals surface area contributed by atoms with Crippen LogP contribution in [0, 0.1) is 5.92 Å². The van der Waals surface area contributed by atoms with Crippen LogP contribution in [0.1, 0.15) is 37.6 Å². The van der Waals surface area contributed by atoms with E-state index >= 15 is 0 Å². The van der Waals surface area contributed by atoms with E-state index in [0.717, 1.165) is 0 Å². The Labute approximate surface area is 125 Å². The van der Waals surface area contributed by atoms with Crippen molar-refractivity contribution in [1.82, 2.24) is 4.90 Å². The fourth-order valence-electron chi connectivity index (χ4n) is 1.80. The SMILES string of the molecule is CCN(CCC(=O)O)C(=O)c1cccc(OCC(C)C)c1. The Morgan fingerprint density at radius 2 is 2.05 bits per heavy atom. The molecule has 0 atom stereocenters. The molecule has 1 aromatic carbocycles. The predicted octanol–water partition coefficient (Wildman–Crippen LogP) is 2.66. The maximum absolute atomic E-state index is 12.4. The van der Waals surface area contributed by atoms with E-state index in [9.17, 15) is 9.59 Å². The molecule has 116 valence electrons. The molecular formula is C16H23NO4. The third-order valence-electron chi connectivity index (χ3n) is 2.93. The maximum atomic E-state index is 12.4. The van der Waals surface area contributed by atoms with Gasteiger partial charge in [-0.3, -0.25) is 9.59 Å². The topological polar surface area (TPSA) is 66.8 Å². The highest BCUT2D eigenvalue weighted by molar-refractivity contribution is 5.94. The summed E-state index contributed by atoms with van der Waals surface area (Å²) >= 11 is 0. The van der Waals surface area contributed by atoms with Crippen LogP contribution in [0.3, 0.4) is 0 Å². The molecule has 0 heterocycles. The maximum Gasteiger partial charge on any atom is 0.305 e. The van der Waals surface area contributed by atoms with Gasteiger partial charge in [0.25, 0.3) is 5.91 Å². The highest BCUT2D eigenvalue weighted by Crippen LogP contribution is 2.16. The minimum absolute atomic E-state index is 0.0525. The standard InChI is InChI=1S/C16H23NO4/c1-4-17(9-8-15(18)19)16(20)13-6-5-7-14(10-13)21-11-12(2)3/h5-7,10,12H,4,8-9,11H2,1-3H3,(H,18,19). The van der Waals surface area contributed by atoms with Gasteiger partial charge in [-0.1, -0.05) is 19.9 Å². The first-order chi connectivity index (χ1) is 9.93. The van der Waals surface area contributed by atoms with Gasteiger partial charge in [0, 0.05) is 18.7 Å². The van der Waals surface area contributed by atoms with Crippen LogP contribution in [-0.2, 0) is 4.79 Å². The van der Waals surface area contributed by atoms with Crippen molar-refractivity contribution in [2.45, 2.75) is 27.2 Å². The molecule has 0 aliphatic rings. The van der Waals surface area contributed by atoms with Gasteiger partial charge in [-0.15, -0.1) is 0 Å². The Balaban J connectivity index is 2.75. The van der Waals surface area contributed by atoms with E-state index in [1.807, 2.05) is 13.0 Å². The second-order valence-corrected chi connectivity index (χ2v) is 5.26. The fourth-order valence-corrected chi connectivity index (χ4v) is 1.80. The Morgan fingerprint density at radius 1 is 1.33 bits per heavy atom. The first-order valence-electron chi connectivity index (χ1n) is 7.18. The van der Waals surface area contributed by atoms with Crippen LogP contribution < -0.4 is 4.74 Å². The number of amides is 1. The van der Waals surface area contributed by atoms with Crippen molar-refractivity contribution < 1.29 is 19.4 Å². The van der Waals surface area contributed by atoms with Gasteiger partial charge in [0.15, 0.2) is 0 Å². The van der Waals surface area contributed by atoms with Crippen LogP contribution in [0.4, 0.5) is 0 Å². The summed E-state index contributed by atoms with van der Waals surface area (Å²) in [6, 6.07) is 7.00. The molecule has 0 fully saturated rings. The first kappa shape index (κ1) is 17.0. The number of hydrogen-bond donors (Lipinski definition) is 1. The van der Waals surface area contributed by atoms with Gasteiger partial charge in [0.1, 0.15) is 5.75 Å². The van der Waals surface area contributed by atoms with Crippen LogP contribution in [0.25, 0.3) is 0 Å². The zero-order valence-corrected chi connectivity index (χ0v) is 12.8. The summed E-state index contributed by atoms with van der Waals surface area (Å²) in [5.41, 5.74) is 0.517. The molecule has 0 aromatic heterocycles. The number of carbonyl (C=O) groups excluding carboxylic acids is 1. The molecular weight excluding hydrogens is 270 g/mol. The summed E-state index contributed by atoms with van der Waals surface area (Å²) in [5, 5.41) is 8.72. The lowest BCUT2D eigenvalue weighted by atomic mass is 10.1. The lowest BCUT2D eigenvalue weighted by Gasteiger charge is -2.20. The summed E-state index contributed by atoms with van der Waals surface area (Å²) in [5.74, 6) is -0.0140. The molecule has 0 bridgehead atoms. The molecule has 1 N–H and O–H groups in total. The first-order valence-corrected chi connectivity index (χ1v) is 7.18. The van der Waals surface area contributed by atoms with Gasteiger partial charge in [0.2, 0.25) is 0 Å². The van der Waals surface area contributed by atoms with E-state index in [-0.39, 0.29) is 18.9 Å². The molecule has 0 aliphatic heterocycles. The van der Waals surface area contributed by atoms with Crippen molar-refractivity contribution in [3.05, 3.63) is 29.8 Å². The third kappa shape index (κ3) is 5.85. The molecule has 0 saturated carbocycles. The van der Waals surface area contributed by atoms with Gasteiger partial charge in [-0.05, 0) is 31.0 Å². The molecule has 21 heavy (non-hydrogen) atoms. The van der Waals surface area contributed by atoms with Crippen molar-refractivity contribution in [2.24, 2.45) is 5.92 Å². The van der Waals surface area contributed by atoms with E-state index in [0.29, 0.717) is 30.4 Å². The van der Waals surface area contributed by atoms with Gasteiger partial charge in [-0.2, -0.15) is 0 Å². The van der Waals surface area contributed by atoms with Crippen molar-refractivity contribution in [1.29, 1.82) is 0 Å². The van der Waals surface area contributed by atoms with Crippen molar-refractivity contribution in [3.63, 3.8) is 0 Å². The zero-order valence-electron chi connectivity index (χ0n) is 12.8. The number of benzene rings is 1. The van der Waals surface area contributed by atoms with Gasteiger partial charge >= 0.3 is 5.97 Å².